The number of ketones is 1. The maximum Gasteiger partial charge on any atom is 0.142 e. The molecule has 146 valence electrons. The number of benzene rings is 1. The molecule has 1 saturated carbocycles. The van der Waals surface area contributed by atoms with Gasteiger partial charge in [-0.25, -0.2) is 0 Å². The molecule has 3 atom stereocenters. The minimum Gasteiger partial charge on any atom is -0.329 e. The highest BCUT2D eigenvalue weighted by molar-refractivity contribution is 5.83. The van der Waals surface area contributed by atoms with E-state index in [0.29, 0.717) is 43.0 Å². The molecule has 2 aromatic rings. The van der Waals surface area contributed by atoms with Crippen LogP contribution in [-0.2, 0) is 17.8 Å². The third-order valence-electron chi connectivity index (χ3n) is 6.06. The molecule has 0 aliphatic heterocycles. The van der Waals surface area contributed by atoms with Crippen molar-refractivity contribution in [3.63, 3.8) is 0 Å². The monoisotopic (exact) mass is 367 g/mol. The molecule has 1 aliphatic rings. The van der Waals surface area contributed by atoms with Crippen molar-refractivity contribution in [1.82, 2.24) is 9.78 Å². The van der Waals surface area contributed by atoms with Crippen molar-refractivity contribution >= 4 is 5.78 Å². The first-order chi connectivity index (χ1) is 13.0. The SMILES string of the molecule is CC(C)[C@@H]1CC[C@@H](C)C[C@H]1C(=O)Cc1cc(-c2ccccc2)nn1CCN. The van der Waals surface area contributed by atoms with Gasteiger partial charge < -0.3 is 5.73 Å². The van der Waals surface area contributed by atoms with Gasteiger partial charge in [-0.05, 0) is 36.7 Å². The second kappa shape index (κ2) is 8.83. The van der Waals surface area contributed by atoms with Crippen LogP contribution in [-0.4, -0.2) is 22.1 Å². The Balaban J connectivity index is 1.83. The van der Waals surface area contributed by atoms with Crippen LogP contribution in [0.5, 0.6) is 0 Å². The van der Waals surface area contributed by atoms with Gasteiger partial charge in [-0.15, -0.1) is 0 Å². The normalized spacial score (nSPS) is 22.9. The largest absolute Gasteiger partial charge is 0.329 e. The van der Waals surface area contributed by atoms with Crippen LogP contribution in [0.4, 0.5) is 0 Å². The van der Waals surface area contributed by atoms with Crippen molar-refractivity contribution in [2.24, 2.45) is 29.4 Å². The van der Waals surface area contributed by atoms with Crippen LogP contribution >= 0.6 is 0 Å². The molecule has 0 saturated heterocycles. The van der Waals surface area contributed by atoms with E-state index >= 15 is 0 Å². The lowest BCUT2D eigenvalue weighted by atomic mass is 9.68. The summed E-state index contributed by atoms with van der Waals surface area (Å²) < 4.78 is 1.93. The molecule has 0 unspecified atom stereocenters. The zero-order valence-electron chi connectivity index (χ0n) is 16.9. The summed E-state index contributed by atoms with van der Waals surface area (Å²) in [5.41, 5.74) is 8.77. The van der Waals surface area contributed by atoms with Crippen LogP contribution in [0.1, 0.15) is 45.7 Å². The maximum absolute atomic E-state index is 13.3. The lowest BCUT2D eigenvalue weighted by Gasteiger charge is -2.36. The molecule has 1 aromatic heterocycles. The van der Waals surface area contributed by atoms with E-state index in [1.54, 1.807) is 0 Å². The molecule has 1 fully saturated rings. The van der Waals surface area contributed by atoms with E-state index in [1.165, 1.54) is 12.8 Å². The van der Waals surface area contributed by atoms with E-state index in [9.17, 15) is 4.79 Å². The minimum atomic E-state index is 0.176. The van der Waals surface area contributed by atoms with Gasteiger partial charge in [-0.1, -0.05) is 57.5 Å². The molecular weight excluding hydrogens is 334 g/mol. The first kappa shape index (κ1) is 19.8. The van der Waals surface area contributed by atoms with Crippen molar-refractivity contribution in [3.05, 3.63) is 42.1 Å². The van der Waals surface area contributed by atoms with E-state index in [-0.39, 0.29) is 5.92 Å². The average Bonchev–Trinajstić information content (AvgIpc) is 3.05. The summed E-state index contributed by atoms with van der Waals surface area (Å²) in [6.07, 6.45) is 3.90. The molecule has 1 heterocycles. The van der Waals surface area contributed by atoms with Gasteiger partial charge in [-0.2, -0.15) is 5.10 Å². The Morgan fingerprint density at radius 3 is 2.67 bits per heavy atom. The molecule has 4 heteroatoms. The number of carbonyl (C=O) groups excluding carboxylic acids is 1. The van der Waals surface area contributed by atoms with Crippen molar-refractivity contribution in [1.29, 1.82) is 0 Å². The quantitative estimate of drug-likeness (QED) is 0.792. The van der Waals surface area contributed by atoms with E-state index in [4.69, 9.17) is 10.8 Å². The number of Topliss-reactive ketones (excluding diaryl/α,β-unsaturated/α-hetero) is 1. The number of carbonyl (C=O) groups is 1. The summed E-state index contributed by atoms with van der Waals surface area (Å²) in [5, 5.41) is 4.72. The van der Waals surface area contributed by atoms with Gasteiger partial charge in [0, 0.05) is 30.1 Å². The predicted molar refractivity (Wildman–Crippen MR) is 110 cm³/mol. The zero-order valence-corrected chi connectivity index (χ0v) is 16.9. The van der Waals surface area contributed by atoms with Crippen LogP contribution in [0.15, 0.2) is 36.4 Å². The molecule has 1 aliphatic carbocycles. The average molecular weight is 368 g/mol. The fourth-order valence-corrected chi connectivity index (χ4v) is 4.55. The standard InChI is InChI=1S/C23H33N3O/c1-16(2)20-10-9-17(3)13-21(20)23(27)15-19-14-22(25-26(19)12-11-24)18-7-5-4-6-8-18/h4-8,14,16-17,20-21H,9-13,15,24H2,1-3H3/t17-,20+,21-/m1/s1. The van der Waals surface area contributed by atoms with Gasteiger partial charge >= 0.3 is 0 Å². The summed E-state index contributed by atoms with van der Waals surface area (Å²) in [5.74, 6) is 2.25. The number of aromatic nitrogens is 2. The Morgan fingerprint density at radius 2 is 2.00 bits per heavy atom. The van der Waals surface area contributed by atoms with E-state index in [1.807, 2.05) is 22.9 Å². The highest BCUT2D eigenvalue weighted by Gasteiger charge is 2.35. The van der Waals surface area contributed by atoms with Gasteiger partial charge in [0.25, 0.3) is 0 Å². The van der Waals surface area contributed by atoms with Gasteiger partial charge in [0.15, 0.2) is 0 Å². The van der Waals surface area contributed by atoms with Crippen LogP contribution in [0, 0.1) is 23.7 Å². The van der Waals surface area contributed by atoms with Crippen LogP contribution in [0.2, 0.25) is 0 Å². The van der Waals surface area contributed by atoms with Gasteiger partial charge in [0.2, 0.25) is 0 Å². The first-order valence-electron chi connectivity index (χ1n) is 10.3. The van der Waals surface area contributed by atoms with Gasteiger partial charge in [0.05, 0.1) is 12.2 Å². The Bertz CT molecular complexity index is 750. The van der Waals surface area contributed by atoms with Crippen molar-refractivity contribution in [2.45, 2.75) is 53.0 Å². The topological polar surface area (TPSA) is 60.9 Å². The summed E-state index contributed by atoms with van der Waals surface area (Å²) in [4.78, 5) is 13.3. The number of rotatable bonds is 7. The second-order valence-corrected chi connectivity index (χ2v) is 8.47. The summed E-state index contributed by atoms with van der Waals surface area (Å²) in [6.45, 7) is 7.96. The molecular formula is C23H33N3O. The van der Waals surface area contributed by atoms with Crippen molar-refractivity contribution in [3.8, 4) is 11.3 Å². The molecule has 0 spiro atoms. The van der Waals surface area contributed by atoms with Gasteiger partial charge in [-0.3, -0.25) is 9.48 Å². The highest BCUT2D eigenvalue weighted by Crippen LogP contribution is 2.39. The fraction of sp³-hybridized carbons (Fsp3) is 0.565. The van der Waals surface area contributed by atoms with Crippen LogP contribution in [0.25, 0.3) is 11.3 Å². The zero-order chi connectivity index (χ0) is 19.4. The third kappa shape index (κ3) is 4.67. The molecule has 0 radical (unpaired) electrons. The van der Waals surface area contributed by atoms with E-state index in [0.717, 1.165) is 23.4 Å². The molecule has 2 N–H and O–H groups in total. The van der Waals surface area contributed by atoms with E-state index < -0.39 is 0 Å². The minimum absolute atomic E-state index is 0.176. The molecule has 3 rings (SSSR count). The Morgan fingerprint density at radius 1 is 1.26 bits per heavy atom. The van der Waals surface area contributed by atoms with Crippen LogP contribution in [0.3, 0.4) is 0 Å². The maximum atomic E-state index is 13.3. The van der Waals surface area contributed by atoms with Crippen LogP contribution < -0.4 is 5.73 Å². The molecule has 4 nitrogen and oxygen atoms in total. The number of hydrogen-bond donors (Lipinski definition) is 1. The van der Waals surface area contributed by atoms with Crippen molar-refractivity contribution in [2.75, 3.05) is 6.54 Å². The Labute approximate surface area is 163 Å². The Kier molecular flexibility index (Phi) is 6.48. The van der Waals surface area contributed by atoms with Gasteiger partial charge in [0.1, 0.15) is 5.78 Å². The Hall–Kier alpha value is -1.94. The first-order valence-corrected chi connectivity index (χ1v) is 10.3. The smallest absolute Gasteiger partial charge is 0.142 e. The molecule has 1 aromatic carbocycles. The third-order valence-corrected chi connectivity index (χ3v) is 6.06. The number of nitrogens with zero attached hydrogens (tertiary/aromatic N) is 2. The second-order valence-electron chi connectivity index (χ2n) is 8.47. The highest BCUT2D eigenvalue weighted by atomic mass is 16.1. The molecule has 27 heavy (non-hydrogen) atoms. The summed E-state index contributed by atoms with van der Waals surface area (Å²) >= 11 is 0. The summed E-state index contributed by atoms with van der Waals surface area (Å²) in [6, 6.07) is 12.2. The fourth-order valence-electron chi connectivity index (χ4n) is 4.55. The predicted octanol–water partition coefficient (Wildman–Crippen LogP) is 4.33. The van der Waals surface area contributed by atoms with Crippen molar-refractivity contribution < 1.29 is 4.79 Å². The summed E-state index contributed by atoms with van der Waals surface area (Å²) in [7, 11) is 0. The lowest BCUT2D eigenvalue weighted by Crippen LogP contribution is -2.34. The lowest BCUT2D eigenvalue weighted by molar-refractivity contribution is -0.126. The molecule has 0 amide bonds. The van der Waals surface area contributed by atoms with E-state index in [2.05, 4.69) is 39.0 Å². The molecule has 0 bridgehead atoms. The number of hydrogen-bond acceptors (Lipinski definition) is 3. The number of nitrogens with two attached hydrogens (primary N) is 1.